The first kappa shape index (κ1) is 20.3. The topological polar surface area (TPSA) is 104 Å². The molecule has 0 radical (unpaired) electrons. The van der Waals surface area contributed by atoms with E-state index in [1.54, 1.807) is 12.1 Å². The lowest BCUT2D eigenvalue weighted by Crippen LogP contribution is -2.48. The molecule has 0 aliphatic carbocycles. The summed E-state index contributed by atoms with van der Waals surface area (Å²) in [6, 6.07) is 4.10. The number of carbonyl (C=O) groups is 5. The minimum Gasteiger partial charge on any atom is -0.369 e. The molecule has 1 heterocycles. The lowest BCUT2D eigenvalue weighted by molar-refractivity contribution is -0.125. The number of hydrogen-bond donors (Lipinski definition) is 1. The van der Waals surface area contributed by atoms with Crippen LogP contribution >= 0.6 is 0 Å². The van der Waals surface area contributed by atoms with Crippen molar-refractivity contribution in [3.63, 3.8) is 0 Å². The molecular formula is C19H23N3O5. The molecule has 8 nitrogen and oxygen atoms in total. The van der Waals surface area contributed by atoms with E-state index in [-0.39, 0.29) is 35.8 Å². The van der Waals surface area contributed by atoms with E-state index in [9.17, 15) is 24.0 Å². The van der Waals surface area contributed by atoms with Gasteiger partial charge in [0, 0.05) is 45.2 Å². The van der Waals surface area contributed by atoms with Crippen molar-refractivity contribution in [3.8, 4) is 0 Å². The van der Waals surface area contributed by atoms with Crippen LogP contribution in [0.15, 0.2) is 18.2 Å². The Morgan fingerprint density at radius 1 is 1.30 bits per heavy atom. The molecule has 27 heavy (non-hydrogen) atoms. The van der Waals surface area contributed by atoms with Gasteiger partial charge in [-0.25, -0.2) is 0 Å². The van der Waals surface area contributed by atoms with Gasteiger partial charge in [-0.3, -0.25) is 14.4 Å². The Morgan fingerprint density at radius 2 is 2.00 bits per heavy atom. The zero-order chi connectivity index (χ0) is 20.0. The summed E-state index contributed by atoms with van der Waals surface area (Å²) in [6.45, 7) is 0.996. The fraction of sp³-hybridized carbons (Fsp3) is 0.421. The molecule has 1 saturated heterocycles. The Kier molecular flexibility index (Phi) is 6.81. The number of carbonyl (C=O) groups excluding carboxylic acids is 5. The molecule has 1 fully saturated rings. The number of rotatable bonds is 9. The SMILES string of the molecule is CNC(=O)C(CCC=O)N(C)C(=O)c1cccc(N2CC(C=O)C2)c1C=O. The molecule has 1 atom stereocenters. The number of amides is 2. The van der Waals surface area contributed by atoms with E-state index in [1.165, 1.54) is 25.1 Å². The normalized spacial score (nSPS) is 14.7. The van der Waals surface area contributed by atoms with Crippen LogP contribution in [0, 0.1) is 5.92 Å². The number of aldehydes is 3. The zero-order valence-corrected chi connectivity index (χ0v) is 15.4. The maximum atomic E-state index is 13.0. The lowest BCUT2D eigenvalue weighted by atomic mass is 9.97. The maximum absolute atomic E-state index is 13.0. The number of benzene rings is 1. The summed E-state index contributed by atoms with van der Waals surface area (Å²) in [5, 5.41) is 2.49. The van der Waals surface area contributed by atoms with E-state index in [1.807, 2.05) is 4.90 Å². The third-order valence-electron chi connectivity index (χ3n) is 4.77. The fourth-order valence-corrected chi connectivity index (χ4v) is 3.16. The Hall–Kier alpha value is -3.03. The molecule has 1 N–H and O–H groups in total. The summed E-state index contributed by atoms with van der Waals surface area (Å²) < 4.78 is 0. The second kappa shape index (κ2) is 9.07. The van der Waals surface area contributed by atoms with Gasteiger partial charge in [-0.15, -0.1) is 0 Å². The van der Waals surface area contributed by atoms with Gasteiger partial charge in [0.1, 0.15) is 18.6 Å². The summed E-state index contributed by atoms with van der Waals surface area (Å²) in [7, 11) is 2.93. The quantitative estimate of drug-likeness (QED) is 0.625. The van der Waals surface area contributed by atoms with Gasteiger partial charge in [0.05, 0.1) is 11.1 Å². The van der Waals surface area contributed by atoms with Crippen LogP contribution in [0.4, 0.5) is 5.69 Å². The largest absolute Gasteiger partial charge is 0.369 e. The summed E-state index contributed by atoms with van der Waals surface area (Å²) >= 11 is 0. The second-order valence-corrected chi connectivity index (χ2v) is 6.45. The van der Waals surface area contributed by atoms with Crippen molar-refractivity contribution in [1.82, 2.24) is 10.2 Å². The van der Waals surface area contributed by atoms with Crippen LogP contribution < -0.4 is 10.2 Å². The minimum atomic E-state index is -0.820. The van der Waals surface area contributed by atoms with Gasteiger partial charge in [0.15, 0.2) is 6.29 Å². The number of anilines is 1. The molecule has 1 aliphatic rings. The molecule has 0 aromatic heterocycles. The predicted molar refractivity (Wildman–Crippen MR) is 98.8 cm³/mol. The third-order valence-corrected chi connectivity index (χ3v) is 4.77. The van der Waals surface area contributed by atoms with Crippen molar-refractivity contribution < 1.29 is 24.0 Å². The minimum absolute atomic E-state index is 0.0764. The van der Waals surface area contributed by atoms with Gasteiger partial charge in [-0.05, 0) is 18.6 Å². The van der Waals surface area contributed by atoms with Crippen LogP contribution in [0.5, 0.6) is 0 Å². The van der Waals surface area contributed by atoms with Crippen LogP contribution in [0.3, 0.4) is 0 Å². The molecule has 1 aromatic carbocycles. The van der Waals surface area contributed by atoms with Gasteiger partial charge in [0.25, 0.3) is 5.91 Å². The van der Waals surface area contributed by atoms with Crippen LogP contribution in [0.25, 0.3) is 0 Å². The van der Waals surface area contributed by atoms with E-state index >= 15 is 0 Å². The highest BCUT2D eigenvalue weighted by molar-refractivity contribution is 6.06. The number of nitrogens with zero attached hydrogens (tertiary/aromatic N) is 2. The first-order chi connectivity index (χ1) is 13.0. The molecule has 1 aliphatic heterocycles. The molecule has 1 aromatic rings. The molecule has 144 valence electrons. The van der Waals surface area contributed by atoms with E-state index in [0.717, 1.165) is 6.29 Å². The highest BCUT2D eigenvalue weighted by Crippen LogP contribution is 2.29. The van der Waals surface area contributed by atoms with Crippen molar-refractivity contribution >= 4 is 36.4 Å². The highest BCUT2D eigenvalue weighted by Gasteiger charge is 2.31. The van der Waals surface area contributed by atoms with Gasteiger partial charge in [-0.2, -0.15) is 0 Å². The van der Waals surface area contributed by atoms with Crippen molar-refractivity contribution in [2.24, 2.45) is 5.92 Å². The Bertz CT molecular complexity index is 743. The maximum Gasteiger partial charge on any atom is 0.255 e. The van der Waals surface area contributed by atoms with E-state index < -0.39 is 11.9 Å². The number of likely N-dealkylation sites (N-methyl/N-ethyl adjacent to an activating group) is 2. The van der Waals surface area contributed by atoms with Crippen molar-refractivity contribution in [3.05, 3.63) is 29.3 Å². The Balaban J connectivity index is 2.31. The molecule has 2 amide bonds. The van der Waals surface area contributed by atoms with Crippen molar-refractivity contribution in [1.29, 1.82) is 0 Å². The van der Waals surface area contributed by atoms with E-state index in [2.05, 4.69) is 5.32 Å². The summed E-state index contributed by atoms with van der Waals surface area (Å²) in [5.74, 6) is -0.938. The summed E-state index contributed by atoms with van der Waals surface area (Å²) in [5.41, 5.74) is 0.996. The van der Waals surface area contributed by atoms with Gasteiger partial charge < -0.3 is 24.7 Å². The summed E-state index contributed by atoms with van der Waals surface area (Å²) in [6.07, 6.45) is 2.51. The average molecular weight is 373 g/mol. The van der Waals surface area contributed by atoms with Crippen LogP contribution in [-0.4, -0.2) is 68.8 Å². The molecule has 0 bridgehead atoms. The molecular weight excluding hydrogens is 350 g/mol. The molecule has 8 heteroatoms. The van der Waals surface area contributed by atoms with Gasteiger partial charge in [0.2, 0.25) is 5.91 Å². The molecule has 2 rings (SSSR count). The number of hydrogen-bond acceptors (Lipinski definition) is 6. The molecule has 0 saturated carbocycles. The van der Waals surface area contributed by atoms with Crippen molar-refractivity contribution in [2.45, 2.75) is 18.9 Å². The van der Waals surface area contributed by atoms with Crippen LogP contribution in [0.1, 0.15) is 33.6 Å². The van der Waals surface area contributed by atoms with E-state index in [4.69, 9.17) is 0 Å². The first-order valence-electron chi connectivity index (χ1n) is 8.69. The molecule has 0 spiro atoms. The standard InChI is InChI=1S/C19H23N3O5/c1-20-18(26)17(7-4-8-23)21(2)19(27)14-5-3-6-16(15(14)12-25)22-9-13(10-22)11-24/h3,5-6,8,11-13,17H,4,7,9-10H2,1-2H3,(H,20,26). The molecule has 1 unspecified atom stereocenters. The first-order valence-corrected chi connectivity index (χ1v) is 8.69. The monoisotopic (exact) mass is 373 g/mol. The summed E-state index contributed by atoms with van der Waals surface area (Å²) in [4.78, 5) is 61.4. The van der Waals surface area contributed by atoms with Gasteiger partial charge >= 0.3 is 0 Å². The van der Waals surface area contributed by atoms with Crippen LogP contribution in [-0.2, 0) is 14.4 Å². The fourth-order valence-electron chi connectivity index (χ4n) is 3.16. The highest BCUT2D eigenvalue weighted by atomic mass is 16.2. The van der Waals surface area contributed by atoms with Gasteiger partial charge in [-0.1, -0.05) is 6.07 Å². The van der Waals surface area contributed by atoms with E-state index in [0.29, 0.717) is 31.3 Å². The lowest BCUT2D eigenvalue weighted by Gasteiger charge is -2.39. The number of nitrogens with one attached hydrogen (secondary N) is 1. The predicted octanol–water partition coefficient (Wildman–Crippen LogP) is 0.300. The van der Waals surface area contributed by atoms with Crippen molar-refractivity contribution in [2.75, 3.05) is 32.1 Å². The Labute approximate surface area is 157 Å². The third kappa shape index (κ3) is 4.21. The second-order valence-electron chi connectivity index (χ2n) is 6.45. The Morgan fingerprint density at radius 3 is 2.56 bits per heavy atom. The zero-order valence-electron chi connectivity index (χ0n) is 15.4. The average Bonchev–Trinajstić information content (AvgIpc) is 2.66. The smallest absolute Gasteiger partial charge is 0.255 e. The van der Waals surface area contributed by atoms with Crippen LogP contribution in [0.2, 0.25) is 0 Å².